The smallest absolute Gasteiger partial charge is 0.0364 e. The summed E-state index contributed by atoms with van der Waals surface area (Å²) in [4.78, 5) is 4.55. The van der Waals surface area contributed by atoms with E-state index < -0.39 is 0 Å². The Hall–Kier alpha value is -2.84. The van der Waals surface area contributed by atoms with Crippen molar-refractivity contribution < 1.29 is 0 Å². The molecule has 0 spiro atoms. The molecule has 0 saturated carbocycles. The van der Waals surface area contributed by atoms with Crippen LogP contribution in [-0.2, 0) is 0 Å². The topological polar surface area (TPSA) is 6.48 Å². The van der Waals surface area contributed by atoms with Crippen molar-refractivity contribution in [2.75, 3.05) is 37.0 Å². The Labute approximate surface area is 152 Å². The van der Waals surface area contributed by atoms with Crippen LogP contribution in [0.25, 0.3) is 0 Å². The van der Waals surface area contributed by atoms with E-state index in [1.807, 2.05) is 24.3 Å². The molecule has 25 heavy (non-hydrogen) atoms. The lowest BCUT2D eigenvalue weighted by Gasteiger charge is -2.35. The number of hydrogen-bond acceptors (Lipinski definition) is 2. The maximum Gasteiger partial charge on any atom is 0.0364 e. The molecule has 0 saturated heterocycles. The van der Waals surface area contributed by atoms with Crippen LogP contribution < -0.4 is 9.80 Å². The van der Waals surface area contributed by atoms with Crippen molar-refractivity contribution in [3.63, 3.8) is 0 Å². The molecule has 0 aliphatic carbocycles. The first-order chi connectivity index (χ1) is 11.8. The number of hydrogen-bond donors (Lipinski definition) is 0. The molecule has 128 valence electrons. The first kappa shape index (κ1) is 18.5. The van der Waals surface area contributed by atoms with Crippen LogP contribution in [0.3, 0.4) is 0 Å². The van der Waals surface area contributed by atoms with Crippen molar-refractivity contribution in [3.8, 4) is 24.7 Å². The number of nitrogens with zero attached hydrogens (tertiary/aromatic N) is 2. The molecule has 2 nitrogen and oxygen atoms in total. The van der Waals surface area contributed by atoms with Gasteiger partial charge < -0.3 is 9.80 Å². The summed E-state index contributed by atoms with van der Waals surface area (Å²) in [5.74, 6) is 5.31. The van der Waals surface area contributed by atoms with Crippen LogP contribution in [0.2, 0.25) is 0 Å². The lowest BCUT2D eigenvalue weighted by Crippen LogP contribution is -2.40. The minimum Gasteiger partial charge on any atom is -0.374 e. The van der Waals surface area contributed by atoms with Gasteiger partial charge in [-0.15, -0.1) is 12.8 Å². The van der Waals surface area contributed by atoms with Crippen LogP contribution in [0.5, 0.6) is 0 Å². The van der Waals surface area contributed by atoms with Crippen LogP contribution in [-0.4, -0.2) is 27.2 Å². The third-order valence-electron chi connectivity index (χ3n) is 4.28. The molecule has 0 aliphatic rings. The van der Waals surface area contributed by atoms with Crippen molar-refractivity contribution in [1.29, 1.82) is 0 Å². The SMILES string of the molecule is C#Cc1ccc(N(C)CC(C)(C)CN(C)c2ccc(C#C)cc2)cc1. The van der Waals surface area contributed by atoms with E-state index in [0.29, 0.717) is 0 Å². The molecule has 0 radical (unpaired) electrons. The molecule has 0 fully saturated rings. The summed E-state index contributed by atoms with van der Waals surface area (Å²) < 4.78 is 0. The van der Waals surface area contributed by atoms with Gasteiger partial charge in [-0.2, -0.15) is 0 Å². The van der Waals surface area contributed by atoms with Gasteiger partial charge in [0, 0.05) is 49.7 Å². The normalized spacial score (nSPS) is 10.6. The first-order valence-corrected chi connectivity index (χ1v) is 8.40. The van der Waals surface area contributed by atoms with Crippen molar-refractivity contribution >= 4 is 11.4 Å². The van der Waals surface area contributed by atoms with Crippen molar-refractivity contribution in [1.82, 2.24) is 0 Å². The third kappa shape index (κ3) is 5.07. The average molecular weight is 330 g/mol. The van der Waals surface area contributed by atoms with Crippen LogP contribution in [0.15, 0.2) is 48.5 Å². The molecule has 0 amide bonds. The second-order valence-electron chi connectivity index (χ2n) is 7.26. The van der Waals surface area contributed by atoms with Gasteiger partial charge in [0.2, 0.25) is 0 Å². The highest BCUT2D eigenvalue weighted by Gasteiger charge is 2.23. The zero-order valence-corrected chi connectivity index (χ0v) is 15.6. The molecule has 2 rings (SSSR count). The number of benzene rings is 2. The molecule has 2 aromatic rings. The van der Waals surface area contributed by atoms with Crippen molar-refractivity contribution in [3.05, 3.63) is 59.7 Å². The average Bonchev–Trinajstić information content (AvgIpc) is 2.61. The van der Waals surface area contributed by atoms with Gasteiger partial charge in [-0.1, -0.05) is 25.7 Å². The van der Waals surface area contributed by atoms with Gasteiger partial charge in [0.15, 0.2) is 0 Å². The van der Waals surface area contributed by atoms with Gasteiger partial charge in [-0.25, -0.2) is 0 Å². The van der Waals surface area contributed by atoms with Gasteiger partial charge in [0.05, 0.1) is 0 Å². The summed E-state index contributed by atoms with van der Waals surface area (Å²) in [6, 6.07) is 16.2. The van der Waals surface area contributed by atoms with Gasteiger partial charge >= 0.3 is 0 Å². The molecule has 2 heteroatoms. The zero-order chi connectivity index (χ0) is 18.4. The van der Waals surface area contributed by atoms with Gasteiger partial charge in [-0.3, -0.25) is 0 Å². The van der Waals surface area contributed by atoms with E-state index >= 15 is 0 Å². The zero-order valence-electron chi connectivity index (χ0n) is 15.6. The molecular weight excluding hydrogens is 304 g/mol. The molecule has 0 heterocycles. The predicted molar refractivity (Wildman–Crippen MR) is 109 cm³/mol. The van der Waals surface area contributed by atoms with E-state index in [1.54, 1.807) is 0 Å². The summed E-state index contributed by atoms with van der Waals surface area (Å²) in [5.41, 5.74) is 4.28. The van der Waals surface area contributed by atoms with Crippen molar-refractivity contribution in [2.45, 2.75) is 13.8 Å². The number of anilines is 2. The van der Waals surface area contributed by atoms with Gasteiger partial charge in [-0.05, 0) is 53.9 Å². The summed E-state index contributed by atoms with van der Waals surface area (Å²) in [7, 11) is 4.24. The fourth-order valence-electron chi connectivity index (χ4n) is 3.14. The Bertz CT molecular complexity index is 703. The second kappa shape index (κ2) is 7.82. The second-order valence-corrected chi connectivity index (χ2v) is 7.26. The summed E-state index contributed by atoms with van der Waals surface area (Å²) in [6.45, 7) is 6.45. The minimum atomic E-state index is 0.110. The van der Waals surface area contributed by atoms with E-state index in [4.69, 9.17) is 12.8 Å². The molecule has 2 aromatic carbocycles. The summed E-state index contributed by atoms with van der Waals surface area (Å²) in [6.07, 6.45) is 10.9. The lowest BCUT2D eigenvalue weighted by molar-refractivity contribution is 0.378. The third-order valence-corrected chi connectivity index (χ3v) is 4.28. The maximum atomic E-state index is 5.43. The Morgan fingerprint density at radius 1 is 0.720 bits per heavy atom. The van der Waals surface area contributed by atoms with Crippen LogP contribution in [0.1, 0.15) is 25.0 Å². The van der Waals surface area contributed by atoms with Crippen molar-refractivity contribution in [2.24, 2.45) is 5.41 Å². The van der Waals surface area contributed by atoms with E-state index in [0.717, 1.165) is 24.2 Å². The predicted octanol–water partition coefficient (Wildman–Crippen LogP) is 4.25. The molecular formula is C23H26N2. The molecule has 0 bridgehead atoms. The molecule has 0 aliphatic heterocycles. The minimum absolute atomic E-state index is 0.110. The monoisotopic (exact) mass is 330 g/mol. The van der Waals surface area contributed by atoms with Crippen LogP contribution in [0, 0.1) is 30.1 Å². The summed E-state index contributed by atoms with van der Waals surface area (Å²) >= 11 is 0. The van der Waals surface area contributed by atoms with E-state index in [9.17, 15) is 0 Å². The lowest BCUT2D eigenvalue weighted by atomic mass is 9.91. The Kier molecular flexibility index (Phi) is 5.79. The molecule has 0 aromatic heterocycles. The highest BCUT2D eigenvalue weighted by molar-refractivity contribution is 5.51. The Balaban J connectivity index is 2.01. The van der Waals surface area contributed by atoms with E-state index in [2.05, 4.69) is 73.8 Å². The van der Waals surface area contributed by atoms with E-state index in [1.165, 1.54) is 11.4 Å². The van der Waals surface area contributed by atoms with Gasteiger partial charge in [0.1, 0.15) is 0 Å². The standard InChI is InChI=1S/C23H26N2/c1-7-19-9-13-21(14-10-19)24(5)17-23(3,4)18-25(6)22-15-11-20(8-2)12-16-22/h1-2,9-16H,17-18H2,3-6H3. The molecule has 0 atom stereocenters. The Morgan fingerprint density at radius 2 is 1.04 bits per heavy atom. The fraction of sp³-hybridized carbons (Fsp3) is 0.304. The molecule has 0 N–H and O–H groups in total. The summed E-state index contributed by atoms with van der Waals surface area (Å²) in [5, 5.41) is 0. The van der Waals surface area contributed by atoms with Crippen LogP contribution >= 0.6 is 0 Å². The first-order valence-electron chi connectivity index (χ1n) is 8.40. The molecule has 0 unspecified atom stereocenters. The number of terminal acetylenes is 2. The fourth-order valence-corrected chi connectivity index (χ4v) is 3.14. The highest BCUT2D eigenvalue weighted by Crippen LogP contribution is 2.25. The quantitative estimate of drug-likeness (QED) is 0.731. The Morgan fingerprint density at radius 3 is 1.32 bits per heavy atom. The largest absolute Gasteiger partial charge is 0.374 e. The maximum absolute atomic E-state index is 5.43. The number of rotatable bonds is 6. The van der Waals surface area contributed by atoms with Crippen LogP contribution in [0.4, 0.5) is 11.4 Å². The highest BCUT2D eigenvalue weighted by atomic mass is 15.1. The van der Waals surface area contributed by atoms with Gasteiger partial charge in [0.25, 0.3) is 0 Å². The van der Waals surface area contributed by atoms with E-state index in [-0.39, 0.29) is 5.41 Å².